The number of ether oxygens (including phenoxy) is 2. The molecule has 0 fully saturated rings. The van der Waals surface area contributed by atoms with Crippen molar-refractivity contribution in [1.29, 1.82) is 0 Å². The quantitative estimate of drug-likeness (QED) is 0.812. The lowest BCUT2D eigenvalue weighted by Gasteiger charge is -2.08. The minimum absolute atomic E-state index is 0.345. The molecule has 0 aliphatic carbocycles. The fraction of sp³-hybridized carbons (Fsp3) is 0.0769. The van der Waals surface area contributed by atoms with E-state index in [1.807, 2.05) is 0 Å². The minimum atomic E-state index is -0.345. The van der Waals surface area contributed by atoms with Crippen LogP contribution in [0.2, 0.25) is 5.02 Å². The number of hydrogen-bond donors (Lipinski definition) is 0. The van der Waals surface area contributed by atoms with Crippen molar-refractivity contribution in [2.75, 3.05) is 7.11 Å². The molecule has 2 aromatic rings. The Morgan fingerprint density at radius 1 is 1.06 bits per heavy atom. The second-order valence-electron chi connectivity index (χ2n) is 3.36. The molecule has 0 saturated carbocycles. The van der Waals surface area contributed by atoms with Crippen molar-refractivity contribution in [3.8, 4) is 17.2 Å². The molecule has 0 atom stereocenters. The maximum Gasteiger partial charge on any atom is 0.137 e. The van der Waals surface area contributed by atoms with Gasteiger partial charge in [0.15, 0.2) is 0 Å². The zero-order valence-electron chi connectivity index (χ0n) is 9.11. The second kappa shape index (κ2) is 5.06. The molecule has 0 heterocycles. The number of halogens is 2. The van der Waals surface area contributed by atoms with Gasteiger partial charge in [-0.05, 0) is 24.3 Å². The molecule has 0 radical (unpaired) electrons. The lowest BCUT2D eigenvalue weighted by atomic mass is 10.3. The SMILES string of the molecule is COc1ccc(Oc2cccc(F)c2)cc1Cl. The van der Waals surface area contributed by atoms with Gasteiger partial charge in [-0.3, -0.25) is 0 Å². The van der Waals surface area contributed by atoms with Crippen LogP contribution in [0.25, 0.3) is 0 Å². The van der Waals surface area contributed by atoms with Crippen LogP contribution in [0.1, 0.15) is 0 Å². The molecule has 0 unspecified atom stereocenters. The zero-order chi connectivity index (χ0) is 12.3. The van der Waals surface area contributed by atoms with Crippen LogP contribution in [-0.4, -0.2) is 7.11 Å². The van der Waals surface area contributed by atoms with E-state index in [0.29, 0.717) is 22.3 Å². The third-order valence-electron chi connectivity index (χ3n) is 2.16. The summed E-state index contributed by atoms with van der Waals surface area (Å²) >= 11 is 5.95. The predicted molar refractivity (Wildman–Crippen MR) is 64.5 cm³/mol. The van der Waals surface area contributed by atoms with E-state index in [4.69, 9.17) is 21.1 Å². The van der Waals surface area contributed by atoms with Crippen LogP contribution in [0, 0.1) is 5.82 Å². The van der Waals surface area contributed by atoms with Gasteiger partial charge in [0.1, 0.15) is 23.1 Å². The highest BCUT2D eigenvalue weighted by atomic mass is 35.5. The molecule has 0 aromatic heterocycles. The molecule has 2 nitrogen and oxygen atoms in total. The van der Waals surface area contributed by atoms with Crippen LogP contribution >= 0.6 is 11.6 Å². The Hall–Kier alpha value is -1.74. The molecule has 0 aliphatic rings. The number of methoxy groups -OCH3 is 1. The molecule has 0 spiro atoms. The van der Waals surface area contributed by atoms with E-state index >= 15 is 0 Å². The highest BCUT2D eigenvalue weighted by Crippen LogP contribution is 2.31. The van der Waals surface area contributed by atoms with Crippen LogP contribution in [0.4, 0.5) is 4.39 Å². The molecule has 2 rings (SSSR count). The standard InChI is InChI=1S/C13H10ClFO2/c1-16-13-6-5-11(8-12(13)14)17-10-4-2-3-9(15)7-10/h2-8H,1H3. The van der Waals surface area contributed by atoms with Gasteiger partial charge in [-0.1, -0.05) is 17.7 Å². The van der Waals surface area contributed by atoms with Crippen molar-refractivity contribution in [3.05, 3.63) is 53.3 Å². The van der Waals surface area contributed by atoms with Crippen molar-refractivity contribution >= 4 is 11.6 Å². The van der Waals surface area contributed by atoms with E-state index in [1.165, 1.54) is 19.2 Å². The zero-order valence-corrected chi connectivity index (χ0v) is 9.87. The molecular formula is C13H10ClFO2. The number of rotatable bonds is 3. The van der Waals surface area contributed by atoms with E-state index in [1.54, 1.807) is 30.3 Å². The van der Waals surface area contributed by atoms with E-state index in [2.05, 4.69) is 0 Å². The Balaban J connectivity index is 2.22. The maximum absolute atomic E-state index is 12.9. The third kappa shape index (κ3) is 2.88. The highest BCUT2D eigenvalue weighted by molar-refractivity contribution is 6.32. The monoisotopic (exact) mass is 252 g/mol. The lowest BCUT2D eigenvalue weighted by molar-refractivity contribution is 0.413. The van der Waals surface area contributed by atoms with Crippen molar-refractivity contribution in [2.24, 2.45) is 0 Å². The summed E-state index contributed by atoms with van der Waals surface area (Å²) in [5, 5.41) is 0.446. The van der Waals surface area contributed by atoms with Crippen molar-refractivity contribution in [3.63, 3.8) is 0 Å². The van der Waals surface area contributed by atoms with Crippen molar-refractivity contribution in [2.45, 2.75) is 0 Å². The van der Waals surface area contributed by atoms with Gasteiger partial charge in [0, 0.05) is 12.1 Å². The molecule has 0 N–H and O–H groups in total. The Labute approximate surface area is 104 Å². The van der Waals surface area contributed by atoms with Gasteiger partial charge < -0.3 is 9.47 Å². The first-order valence-electron chi connectivity index (χ1n) is 4.96. The summed E-state index contributed by atoms with van der Waals surface area (Å²) in [6.45, 7) is 0. The first-order valence-corrected chi connectivity index (χ1v) is 5.34. The first kappa shape index (κ1) is 11.7. The molecular weight excluding hydrogens is 243 g/mol. The van der Waals surface area contributed by atoms with E-state index in [9.17, 15) is 4.39 Å². The smallest absolute Gasteiger partial charge is 0.137 e. The van der Waals surface area contributed by atoms with Crippen LogP contribution in [0.3, 0.4) is 0 Å². The van der Waals surface area contributed by atoms with Crippen LogP contribution < -0.4 is 9.47 Å². The molecule has 2 aromatic carbocycles. The molecule has 0 amide bonds. The number of hydrogen-bond acceptors (Lipinski definition) is 2. The second-order valence-corrected chi connectivity index (χ2v) is 3.76. The summed E-state index contributed by atoms with van der Waals surface area (Å²) in [5.41, 5.74) is 0. The van der Waals surface area contributed by atoms with Gasteiger partial charge in [-0.2, -0.15) is 0 Å². The largest absolute Gasteiger partial charge is 0.495 e. The average molecular weight is 253 g/mol. The van der Waals surface area contributed by atoms with Crippen LogP contribution in [-0.2, 0) is 0 Å². The minimum Gasteiger partial charge on any atom is -0.495 e. The van der Waals surface area contributed by atoms with E-state index in [0.717, 1.165) is 0 Å². The maximum atomic E-state index is 12.9. The van der Waals surface area contributed by atoms with Crippen molar-refractivity contribution in [1.82, 2.24) is 0 Å². The fourth-order valence-electron chi connectivity index (χ4n) is 1.38. The molecule has 4 heteroatoms. The predicted octanol–water partition coefficient (Wildman–Crippen LogP) is 4.28. The lowest BCUT2D eigenvalue weighted by Crippen LogP contribution is -1.87. The highest BCUT2D eigenvalue weighted by Gasteiger charge is 2.04. The summed E-state index contributed by atoms with van der Waals surface area (Å²) in [5.74, 6) is 1.17. The summed E-state index contributed by atoms with van der Waals surface area (Å²) in [4.78, 5) is 0. The molecule has 0 bridgehead atoms. The Morgan fingerprint density at radius 3 is 2.47 bits per heavy atom. The first-order chi connectivity index (χ1) is 8.19. The van der Waals surface area contributed by atoms with Gasteiger partial charge in [-0.25, -0.2) is 4.39 Å². The molecule has 88 valence electrons. The third-order valence-corrected chi connectivity index (χ3v) is 2.45. The van der Waals surface area contributed by atoms with Crippen LogP contribution in [0.5, 0.6) is 17.2 Å². The van der Waals surface area contributed by atoms with Gasteiger partial charge in [0.2, 0.25) is 0 Å². The van der Waals surface area contributed by atoms with Gasteiger partial charge in [0.05, 0.1) is 12.1 Å². The molecule has 17 heavy (non-hydrogen) atoms. The van der Waals surface area contributed by atoms with E-state index in [-0.39, 0.29) is 5.82 Å². The average Bonchev–Trinajstić information content (AvgIpc) is 2.29. The Bertz CT molecular complexity index is 529. The van der Waals surface area contributed by atoms with E-state index < -0.39 is 0 Å². The Morgan fingerprint density at radius 2 is 1.82 bits per heavy atom. The number of benzene rings is 2. The summed E-state index contributed by atoms with van der Waals surface area (Å²) in [7, 11) is 1.54. The summed E-state index contributed by atoms with van der Waals surface area (Å²) < 4.78 is 23.4. The van der Waals surface area contributed by atoms with Gasteiger partial charge in [-0.15, -0.1) is 0 Å². The van der Waals surface area contributed by atoms with Crippen molar-refractivity contribution < 1.29 is 13.9 Å². The van der Waals surface area contributed by atoms with Crippen LogP contribution in [0.15, 0.2) is 42.5 Å². The summed E-state index contributed by atoms with van der Waals surface area (Å²) in [6.07, 6.45) is 0. The normalized spacial score (nSPS) is 10.1. The fourth-order valence-corrected chi connectivity index (χ4v) is 1.62. The molecule has 0 saturated heterocycles. The summed E-state index contributed by atoms with van der Waals surface area (Å²) in [6, 6.07) is 10.9. The molecule has 0 aliphatic heterocycles. The Kier molecular flexibility index (Phi) is 3.49. The topological polar surface area (TPSA) is 18.5 Å². The van der Waals surface area contributed by atoms with Gasteiger partial charge in [0.25, 0.3) is 0 Å². The van der Waals surface area contributed by atoms with Gasteiger partial charge >= 0.3 is 0 Å².